The van der Waals surface area contributed by atoms with Gasteiger partial charge in [0.25, 0.3) is 0 Å². The third-order valence-corrected chi connectivity index (χ3v) is 7.46. The van der Waals surface area contributed by atoms with Crippen molar-refractivity contribution in [1.82, 2.24) is 19.8 Å². The molecular formula is C26H35Cl2N5. The van der Waals surface area contributed by atoms with E-state index in [0.29, 0.717) is 10.0 Å². The monoisotopic (exact) mass is 487 g/mol. The van der Waals surface area contributed by atoms with Crippen LogP contribution in [0.4, 0.5) is 5.69 Å². The molecule has 0 unspecified atom stereocenters. The summed E-state index contributed by atoms with van der Waals surface area (Å²) in [7, 11) is 0. The molecule has 1 aliphatic rings. The van der Waals surface area contributed by atoms with E-state index in [1.807, 2.05) is 12.1 Å². The summed E-state index contributed by atoms with van der Waals surface area (Å²) in [4.78, 5) is 16.0. The summed E-state index contributed by atoms with van der Waals surface area (Å²) in [5.74, 6) is 0.852. The number of aromatic amines is 1. The summed E-state index contributed by atoms with van der Waals surface area (Å²) in [6.07, 6.45) is 4.01. The molecule has 1 aromatic heterocycles. The molecular weight excluding hydrogens is 453 g/mol. The van der Waals surface area contributed by atoms with E-state index in [-0.39, 0.29) is 0 Å². The minimum Gasteiger partial charge on any atom is -0.368 e. The molecule has 1 N–H and O–H groups in total. The van der Waals surface area contributed by atoms with Crippen LogP contribution in [-0.4, -0.2) is 72.1 Å². The number of H-pyrrole nitrogens is 1. The Morgan fingerprint density at radius 2 is 1.67 bits per heavy atom. The number of imidazole rings is 1. The molecule has 4 rings (SSSR count). The van der Waals surface area contributed by atoms with Crippen molar-refractivity contribution < 1.29 is 0 Å². The van der Waals surface area contributed by atoms with Crippen LogP contribution in [0.25, 0.3) is 22.4 Å². The average Bonchev–Trinajstić information content (AvgIpc) is 3.25. The number of rotatable bonds is 10. The number of nitrogens with one attached hydrogen (secondary N) is 1. The largest absolute Gasteiger partial charge is 0.368 e. The predicted molar refractivity (Wildman–Crippen MR) is 142 cm³/mol. The summed E-state index contributed by atoms with van der Waals surface area (Å²) in [6.45, 7) is 13.2. The van der Waals surface area contributed by atoms with Crippen molar-refractivity contribution in [3.63, 3.8) is 0 Å². The van der Waals surface area contributed by atoms with Gasteiger partial charge in [0.15, 0.2) is 0 Å². The second-order valence-electron chi connectivity index (χ2n) is 8.80. The number of para-hydroxylation sites is 1. The zero-order valence-electron chi connectivity index (χ0n) is 19.8. The van der Waals surface area contributed by atoms with Crippen LogP contribution in [0.3, 0.4) is 0 Å². The molecule has 0 spiro atoms. The standard InChI is InChI=1S/C26H35Cl2N5/c1-3-31(4-2)14-16-33(17-15-32-12-8-5-9-13-32)25-11-7-6-10-20(25)26-29-23-18-21(27)22(28)19-24(23)30-26/h6-7,10-11,18-19H,3-5,8-9,12-17H2,1-2H3,(H,29,30). The lowest BCUT2D eigenvalue weighted by Gasteiger charge is -2.33. The van der Waals surface area contributed by atoms with E-state index in [9.17, 15) is 0 Å². The first-order chi connectivity index (χ1) is 16.1. The number of fused-ring (bicyclic) bond motifs is 1. The van der Waals surface area contributed by atoms with Gasteiger partial charge in [-0.05, 0) is 63.3 Å². The zero-order valence-corrected chi connectivity index (χ0v) is 21.3. The Hall–Kier alpha value is -1.79. The van der Waals surface area contributed by atoms with Gasteiger partial charge in [-0.3, -0.25) is 0 Å². The number of anilines is 1. The molecule has 5 nitrogen and oxygen atoms in total. The van der Waals surface area contributed by atoms with Gasteiger partial charge in [-0.2, -0.15) is 0 Å². The van der Waals surface area contributed by atoms with Crippen molar-refractivity contribution in [3.8, 4) is 11.4 Å². The van der Waals surface area contributed by atoms with Crippen molar-refractivity contribution in [3.05, 3.63) is 46.4 Å². The summed E-state index contributed by atoms with van der Waals surface area (Å²) in [5, 5.41) is 1.06. The third-order valence-electron chi connectivity index (χ3n) is 6.74. The number of likely N-dealkylation sites (tertiary alicyclic amines) is 1. The topological polar surface area (TPSA) is 38.4 Å². The van der Waals surface area contributed by atoms with E-state index < -0.39 is 0 Å². The summed E-state index contributed by atoms with van der Waals surface area (Å²) in [6, 6.07) is 12.3. The lowest BCUT2D eigenvalue weighted by Crippen LogP contribution is -2.41. The Morgan fingerprint density at radius 3 is 2.42 bits per heavy atom. The molecule has 1 saturated heterocycles. The van der Waals surface area contributed by atoms with Gasteiger partial charge in [0, 0.05) is 37.4 Å². The highest BCUT2D eigenvalue weighted by Crippen LogP contribution is 2.33. The first-order valence-corrected chi connectivity index (χ1v) is 13.0. The molecule has 7 heteroatoms. The van der Waals surface area contributed by atoms with Gasteiger partial charge >= 0.3 is 0 Å². The number of hydrogen-bond acceptors (Lipinski definition) is 4. The van der Waals surface area contributed by atoms with E-state index in [0.717, 1.165) is 61.7 Å². The lowest BCUT2D eigenvalue weighted by atomic mass is 10.1. The van der Waals surface area contributed by atoms with Crippen molar-refractivity contribution >= 4 is 39.9 Å². The van der Waals surface area contributed by atoms with Gasteiger partial charge in [-0.15, -0.1) is 0 Å². The number of hydrogen-bond donors (Lipinski definition) is 1. The molecule has 2 aromatic carbocycles. The SMILES string of the molecule is CCN(CC)CCN(CCN1CCCCC1)c1ccccc1-c1nc2cc(Cl)c(Cl)cc2[nH]1. The van der Waals surface area contributed by atoms with Gasteiger partial charge in [0.05, 0.1) is 21.1 Å². The summed E-state index contributed by atoms with van der Waals surface area (Å²) in [5.41, 5.74) is 4.06. The van der Waals surface area contributed by atoms with E-state index in [2.05, 4.69) is 57.8 Å². The second kappa shape index (κ2) is 11.6. The number of piperidine rings is 1. The van der Waals surface area contributed by atoms with Gasteiger partial charge in [0.1, 0.15) is 5.82 Å². The number of benzene rings is 2. The minimum atomic E-state index is 0.526. The van der Waals surface area contributed by atoms with E-state index >= 15 is 0 Å². The maximum atomic E-state index is 6.24. The van der Waals surface area contributed by atoms with Gasteiger partial charge in [0.2, 0.25) is 0 Å². The lowest BCUT2D eigenvalue weighted by molar-refractivity contribution is 0.231. The molecule has 0 bridgehead atoms. The normalized spacial score (nSPS) is 14.9. The number of halogens is 2. The van der Waals surface area contributed by atoms with E-state index in [4.69, 9.17) is 28.2 Å². The molecule has 1 aliphatic heterocycles. The maximum absolute atomic E-state index is 6.24. The number of likely N-dealkylation sites (N-methyl/N-ethyl adjacent to an activating group) is 1. The highest BCUT2D eigenvalue weighted by Gasteiger charge is 2.18. The van der Waals surface area contributed by atoms with Crippen molar-refractivity contribution in [2.24, 2.45) is 0 Å². The quantitative estimate of drug-likeness (QED) is 0.370. The fourth-order valence-corrected chi connectivity index (χ4v) is 5.00. The van der Waals surface area contributed by atoms with Crippen LogP contribution in [0.15, 0.2) is 36.4 Å². The molecule has 1 fully saturated rings. The Bertz CT molecular complexity index is 1000. The molecule has 0 saturated carbocycles. The minimum absolute atomic E-state index is 0.526. The zero-order chi connectivity index (χ0) is 23.2. The Morgan fingerprint density at radius 1 is 0.939 bits per heavy atom. The van der Waals surface area contributed by atoms with Crippen molar-refractivity contribution in [2.75, 3.05) is 57.3 Å². The number of nitrogens with zero attached hydrogens (tertiary/aromatic N) is 4. The van der Waals surface area contributed by atoms with Gasteiger partial charge in [-0.1, -0.05) is 55.6 Å². The molecule has 2 heterocycles. The molecule has 0 aliphatic carbocycles. The van der Waals surface area contributed by atoms with Crippen LogP contribution in [0.5, 0.6) is 0 Å². The van der Waals surface area contributed by atoms with E-state index in [1.54, 1.807) is 0 Å². The average molecular weight is 489 g/mol. The summed E-state index contributed by atoms with van der Waals surface area (Å²) >= 11 is 12.5. The second-order valence-corrected chi connectivity index (χ2v) is 9.62. The van der Waals surface area contributed by atoms with Gasteiger partial charge in [-0.25, -0.2) is 4.98 Å². The smallest absolute Gasteiger partial charge is 0.140 e. The van der Waals surface area contributed by atoms with Crippen LogP contribution in [0.2, 0.25) is 10.0 Å². The third kappa shape index (κ3) is 6.02. The molecule has 0 atom stereocenters. The van der Waals surface area contributed by atoms with Crippen LogP contribution in [-0.2, 0) is 0 Å². The molecule has 3 aromatic rings. The summed E-state index contributed by atoms with van der Waals surface area (Å²) < 4.78 is 0. The highest BCUT2D eigenvalue weighted by molar-refractivity contribution is 6.42. The molecule has 33 heavy (non-hydrogen) atoms. The van der Waals surface area contributed by atoms with Crippen LogP contribution >= 0.6 is 23.2 Å². The van der Waals surface area contributed by atoms with E-state index in [1.165, 1.54) is 38.0 Å². The van der Waals surface area contributed by atoms with Crippen molar-refractivity contribution in [2.45, 2.75) is 33.1 Å². The van der Waals surface area contributed by atoms with Crippen molar-refractivity contribution in [1.29, 1.82) is 0 Å². The Kier molecular flexibility index (Phi) is 8.53. The fourth-order valence-electron chi connectivity index (χ4n) is 4.68. The van der Waals surface area contributed by atoms with Gasteiger partial charge < -0.3 is 19.7 Å². The number of aromatic nitrogens is 2. The Balaban J connectivity index is 1.63. The first-order valence-electron chi connectivity index (χ1n) is 12.2. The molecule has 178 valence electrons. The molecule has 0 radical (unpaired) electrons. The highest BCUT2D eigenvalue weighted by atomic mass is 35.5. The van der Waals surface area contributed by atoms with Crippen LogP contribution in [0.1, 0.15) is 33.1 Å². The predicted octanol–water partition coefficient (Wildman–Crippen LogP) is 6.17. The molecule has 0 amide bonds. The van der Waals surface area contributed by atoms with Crippen LogP contribution in [0, 0.1) is 0 Å². The maximum Gasteiger partial charge on any atom is 0.140 e. The van der Waals surface area contributed by atoms with Crippen LogP contribution < -0.4 is 4.90 Å². The first kappa shape index (κ1) is 24.3. The fraction of sp³-hybridized carbons (Fsp3) is 0.500. The Labute approximate surface area is 207 Å².